The second-order valence-corrected chi connectivity index (χ2v) is 7.64. The molecule has 1 fully saturated rings. The maximum absolute atomic E-state index is 11.6. The van der Waals surface area contributed by atoms with Crippen LogP contribution in [0, 0.1) is 0 Å². The Hall–Kier alpha value is -1.51. The number of ether oxygens (including phenoxy) is 1. The van der Waals surface area contributed by atoms with Crippen LogP contribution in [0.15, 0.2) is 29.3 Å². The number of hydrogen-bond donors (Lipinski definition) is 2. The van der Waals surface area contributed by atoms with Gasteiger partial charge in [-0.1, -0.05) is 38.1 Å². The van der Waals surface area contributed by atoms with Crippen molar-refractivity contribution in [2.75, 3.05) is 33.3 Å². The monoisotopic (exact) mass is 516 g/mol. The number of halogens is 1. The van der Waals surface area contributed by atoms with Gasteiger partial charge >= 0.3 is 6.09 Å². The van der Waals surface area contributed by atoms with Crippen molar-refractivity contribution in [2.24, 2.45) is 4.99 Å². The molecule has 1 aliphatic heterocycles. The van der Waals surface area contributed by atoms with Crippen LogP contribution in [-0.4, -0.2) is 56.3 Å². The van der Waals surface area contributed by atoms with E-state index in [2.05, 4.69) is 55.7 Å². The zero-order valence-electron chi connectivity index (χ0n) is 18.2. The van der Waals surface area contributed by atoms with Crippen LogP contribution in [0.2, 0.25) is 0 Å². The zero-order valence-corrected chi connectivity index (χ0v) is 20.6. The van der Waals surface area contributed by atoms with Gasteiger partial charge in [-0.25, -0.2) is 4.79 Å². The lowest BCUT2D eigenvalue weighted by Gasteiger charge is -2.32. The van der Waals surface area contributed by atoms with E-state index < -0.39 is 0 Å². The molecule has 2 rings (SSSR count). The quantitative estimate of drug-likeness (QED) is 0.248. The third-order valence-electron chi connectivity index (χ3n) is 5.15. The molecule has 0 atom stereocenters. The summed E-state index contributed by atoms with van der Waals surface area (Å²) in [5, 5.41) is 6.84. The van der Waals surface area contributed by atoms with Crippen molar-refractivity contribution in [1.82, 2.24) is 15.5 Å². The summed E-state index contributed by atoms with van der Waals surface area (Å²) in [4.78, 5) is 18.1. The van der Waals surface area contributed by atoms with Gasteiger partial charge in [-0.3, -0.25) is 4.99 Å². The SMILES string of the molecule is CCNC(=NCCCc1ccc(C(C)C)cc1)NC1CCN(C(=O)OC)CC1.I. The van der Waals surface area contributed by atoms with Crippen LogP contribution < -0.4 is 10.6 Å². The number of likely N-dealkylation sites (tertiary alicyclic amines) is 1. The molecule has 1 aromatic carbocycles. The van der Waals surface area contributed by atoms with Crippen molar-refractivity contribution < 1.29 is 9.53 Å². The fourth-order valence-electron chi connectivity index (χ4n) is 3.39. The minimum Gasteiger partial charge on any atom is -0.453 e. The highest BCUT2D eigenvalue weighted by Gasteiger charge is 2.23. The number of aliphatic imine (C=N–C) groups is 1. The van der Waals surface area contributed by atoms with Gasteiger partial charge in [-0.05, 0) is 49.7 Å². The number of nitrogens with one attached hydrogen (secondary N) is 2. The van der Waals surface area contributed by atoms with E-state index in [1.807, 2.05) is 0 Å². The minimum absolute atomic E-state index is 0. The van der Waals surface area contributed by atoms with E-state index in [1.165, 1.54) is 18.2 Å². The first kappa shape index (κ1) is 25.5. The van der Waals surface area contributed by atoms with Crippen LogP contribution in [0.4, 0.5) is 4.79 Å². The Morgan fingerprint density at radius 1 is 1.24 bits per heavy atom. The number of benzene rings is 1. The molecular formula is C22H37IN4O2. The van der Waals surface area contributed by atoms with Gasteiger partial charge in [-0.2, -0.15) is 0 Å². The molecule has 0 aliphatic carbocycles. The average molecular weight is 516 g/mol. The molecule has 0 unspecified atom stereocenters. The molecule has 1 amide bonds. The molecule has 1 aliphatic rings. The molecule has 6 nitrogen and oxygen atoms in total. The lowest BCUT2D eigenvalue weighted by Crippen LogP contribution is -2.49. The van der Waals surface area contributed by atoms with E-state index in [1.54, 1.807) is 4.90 Å². The van der Waals surface area contributed by atoms with Gasteiger partial charge < -0.3 is 20.3 Å². The maximum atomic E-state index is 11.6. The number of carbonyl (C=O) groups is 1. The number of amides is 1. The molecule has 1 heterocycles. The van der Waals surface area contributed by atoms with Crippen molar-refractivity contribution in [1.29, 1.82) is 0 Å². The van der Waals surface area contributed by atoms with Crippen LogP contribution in [0.5, 0.6) is 0 Å². The molecule has 164 valence electrons. The molecular weight excluding hydrogens is 479 g/mol. The minimum atomic E-state index is -0.236. The third kappa shape index (κ3) is 8.80. The maximum Gasteiger partial charge on any atom is 0.409 e. The zero-order chi connectivity index (χ0) is 20.4. The van der Waals surface area contributed by atoms with E-state index >= 15 is 0 Å². The number of hydrogen-bond acceptors (Lipinski definition) is 3. The van der Waals surface area contributed by atoms with Crippen LogP contribution in [0.3, 0.4) is 0 Å². The number of nitrogens with zero attached hydrogens (tertiary/aromatic N) is 2. The van der Waals surface area contributed by atoms with Gasteiger partial charge in [0, 0.05) is 32.2 Å². The summed E-state index contributed by atoms with van der Waals surface area (Å²) in [7, 11) is 1.43. The Labute approximate surface area is 192 Å². The second kappa shape index (κ2) is 13.7. The summed E-state index contributed by atoms with van der Waals surface area (Å²) < 4.78 is 4.80. The average Bonchev–Trinajstić information content (AvgIpc) is 2.71. The number of methoxy groups -OCH3 is 1. The molecule has 0 radical (unpaired) electrons. The van der Waals surface area contributed by atoms with Gasteiger partial charge in [0.1, 0.15) is 0 Å². The summed E-state index contributed by atoms with van der Waals surface area (Å²) >= 11 is 0. The van der Waals surface area contributed by atoms with Crippen molar-refractivity contribution in [3.05, 3.63) is 35.4 Å². The second-order valence-electron chi connectivity index (χ2n) is 7.64. The number of aryl methyl sites for hydroxylation is 1. The third-order valence-corrected chi connectivity index (χ3v) is 5.15. The highest BCUT2D eigenvalue weighted by Crippen LogP contribution is 2.15. The highest BCUT2D eigenvalue weighted by molar-refractivity contribution is 14.0. The van der Waals surface area contributed by atoms with Crippen LogP contribution in [0.1, 0.15) is 57.1 Å². The molecule has 7 heteroatoms. The van der Waals surface area contributed by atoms with E-state index in [-0.39, 0.29) is 30.1 Å². The van der Waals surface area contributed by atoms with Crippen molar-refractivity contribution in [2.45, 2.75) is 58.4 Å². The fourth-order valence-corrected chi connectivity index (χ4v) is 3.39. The van der Waals surface area contributed by atoms with Crippen LogP contribution in [0.25, 0.3) is 0 Å². The molecule has 2 N–H and O–H groups in total. The van der Waals surface area contributed by atoms with Crippen molar-refractivity contribution in [3.8, 4) is 0 Å². The largest absolute Gasteiger partial charge is 0.453 e. The molecule has 0 bridgehead atoms. The molecule has 1 aromatic rings. The Bertz CT molecular complexity index is 626. The predicted octanol–water partition coefficient (Wildman–Crippen LogP) is 4.15. The lowest BCUT2D eigenvalue weighted by atomic mass is 10.0. The Balaban J connectivity index is 0.00000420. The van der Waals surface area contributed by atoms with Gasteiger partial charge in [0.15, 0.2) is 5.96 Å². The van der Waals surface area contributed by atoms with E-state index in [0.717, 1.165) is 57.8 Å². The topological polar surface area (TPSA) is 66.0 Å². The first-order valence-electron chi connectivity index (χ1n) is 10.5. The summed E-state index contributed by atoms with van der Waals surface area (Å²) in [6.07, 6.45) is 3.64. The van der Waals surface area contributed by atoms with E-state index in [0.29, 0.717) is 12.0 Å². The summed E-state index contributed by atoms with van der Waals surface area (Å²) in [6, 6.07) is 9.27. The number of carbonyl (C=O) groups excluding carboxylic acids is 1. The predicted molar refractivity (Wildman–Crippen MR) is 130 cm³/mol. The van der Waals surface area contributed by atoms with Gasteiger partial charge in [0.05, 0.1) is 7.11 Å². The highest BCUT2D eigenvalue weighted by atomic mass is 127. The van der Waals surface area contributed by atoms with E-state index in [9.17, 15) is 4.79 Å². The van der Waals surface area contributed by atoms with Gasteiger partial charge in [0.25, 0.3) is 0 Å². The fraction of sp³-hybridized carbons (Fsp3) is 0.636. The first-order valence-corrected chi connectivity index (χ1v) is 10.5. The molecule has 29 heavy (non-hydrogen) atoms. The van der Waals surface area contributed by atoms with Gasteiger partial charge in [0.2, 0.25) is 0 Å². The summed E-state index contributed by atoms with van der Waals surface area (Å²) in [6.45, 7) is 9.59. The molecule has 0 spiro atoms. The van der Waals surface area contributed by atoms with Crippen molar-refractivity contribution in [3.63, 3.8) is 0 Å². The normalized spacial score (nSPS) is 15.1. The Morgan fingerprint density at radius 3 is 2.45 bits per heavy atom. The Kier molecular flexibility index (Phi) is 12.0. The molecule has 0 aromatic heterocycles. The van der Waals surface area contributed by atoms with Gasteiger partial charge in [-0.15, -0.1) is 24.0 Å². The first-order chi connectivity index (χ1) is 13.5. The lowest BCUT2D eigenvalue weighted by molar-refractivity contribution is 0.111. The molecule has 0 saturated carbocycles. The number of piperidine rings is 1. The van der Waals surface area contributed by atoms with Crippen LogP contribution >= 0.6 is 24.0 Å². The number of guanidine groups is 1. The van der Waals surface area contributed by atoms with Crippen molar-refractivity contribution >= 4 is 36.0 Å². The van der Waals surface area contributed by atoms with Crippen LogP contribution in [-0.2, 0) is 11.2 Å². The van der Waals surface area contributed by atoms with E-state index in [4.69, 9.17) is 9.73 Å². The smallest absolute Gasteiger partial charge is 0.409 e. The number of rotatable bonds is 7. The standard InChI is InChI=1S/C22H36N4O2.HI/c1-5-23-21(25-20-12-15-26(16-13-20)22(27)28-4)24-14-6-7-18-8-10-19(11-9-18)17(2)3;/h8-11,17,20H,5-7,12-16H2,1-4H3,(H2,23,24,25);1H. The Morgan fingerprint density at radius 2 is 1.90 bits per heavy atom. The summed E-state index contributed by atoms with van der Waals surface area (Å²) in [5.41, 5.74) is 2.76. The summed E-state index contributed by atoms with van der Waals surface area (Å²) in [5.74, 6) is 1.45. The molecule has 1 saturated heterocycles.